The number of nitrogens with one attached hydrogen (secondary N) is 1. The summed E-state index contributed by atoms with van der Waals surface area (Å²) in [5, 5.41) is -0.575. The van der Waals surface area contributed by atoms with E-state index in [9.17, 15) is 8.42 Å². The maximum absolute atomic E-state index is 11.8. The summed E-state index contributed by atoms with van der Waals surface area (Å²) in [4.78, 5) is 0. The fraction of sp³-hybridized carbons (Fsp3) is 0.455. The molecule has 0 saturated carbocycles. The van der Waals surface area contributed by atoms with Gasteiger partial charge in [-0.2, -0.15) is 0 Å². The van der Waals surface area contributed by atoms with Crippen LogP contribution in [0.1, 0.15) is 24.2 Å². The minimum atomic E-state index is -3.33. The summed E-state index contributed by atoms with van der Waals surface area (Å²) in [6, 6.07) is 7.18. The molecule has 4 nitrogen and oxygen atoms in total. The van der Waals surface area contributed by atoms with Crippen LogP contribution in [0.4, 0.5) is 0 Å². The van der Waals surface area contributed by atoms with E-state index in [0.717, 1.165) is 0 Å². The van der Waals surface area contributed by atoms with Crippen LogP contribution < -0.4 is 9.46 Å². The summed E-state index contributed by atoms with van der Waals surface area (Å²) in [6.45, 7) is 1.84. The first kappa shape index (κ1) is 13.0. The summed E-state index contributed by atoms with van der Waals surface area (Å²) in [7, 11) is -0.363. The molecule has 1 unspecified atom stereocenters. The highest BCUT2D eigenvalue weighted by Crippen LogP contribution is 2.31. The average molecular weight is 243 g/mol. The third-order valence-electron chi connectivity index (χ3n) is 2.52. The molecular formula is C11H17NO3S. The van der Waals surface area contributed by atoms with E-state index >= 15 is 0 Å². The molecule has 1 atom stereocenters. The zero-order valence-electron chi connectivity index (χ0n) is 9.73. The van der Waals surface area contributed by atoms with Gasteiger partial charge in [-0.25, -0.2) is 13.1 Å². The van der Waals surface area contributed by atoms with Crippen LogP contribution in [0, 0.1) is 0 Å². The number of hydrogen-bond donors (Lipinski definition) is 1. The lowest BCUT2D eigenvalue weighted by atomic mass is 10.1. The number of methoxy groups -OCH3 is 1. The van der Waals surface area contributed by atoms with Crippen molar-refractivity contribution in [1.82, 2.24) is 4.72 Å². The normalized spacial score (nSPS) is 13.4. The minimum Gasteiger partial charge on any atom is -0.496 e. The van der Waals surface area contributed by atoms with Gasteiger partial charge in [0.15, 0.2) is 0 Å². The van der Waals surface area contributed by atoms with Crippen LogP contribution in [0.25, 0.3) is 0 Å². The first-order valence-corrected chi connectivity index (χ1v) is 6.66. The van der Waals surface area contributed by atoms with Gasteiger partial charge in [-0.3, -0.25) is 0 Å². The fourth-order valence-electron chi connectivity index (χ4n) is 1.68. The summed E-state index contributed by atoms with van der Waals surface area (Å²) in [5.41, 5.74) is 0.696. The smallest absolute Gasteiger partial charge is 0.218 e. The van der Waals surface area contributed by atoms with Crippen molar-refractivity contribution in [3.63, 3.8) is 0 Å². The quantitative estimate of drug-likeness (QED) is 0.856. The van der Waals surface area contributed by atoms with Gasteiger partial charge in [-0.15, -0.1) is 0 Å². The zero-order chi connectivity index (χ0) is 12.2. The molecule has 0 heterocycles. The lowest BCUT2D eigenvalue weighted by molar-refractivity contribution is 0.408. The van der Waals surface area contributed by atoms with Crippen LogP contribution in [-0.2, 0) is 10.0 Å². The molecule has 16 heavy (non-hydrogen) atoms. The Morgan fingerprint density at radius 2 is 2.00 bits per heavy atom. The van der Waals surface area contributed by atoms with E-state index < -0.39 is 15.3 Å². The number of rotatable bonds is 5. The van der Waals surface area contributed by atoms with Crippen molar-refractivity contribution >= 4 is 10.0 Å². The Kier molecular flexibility index (Phi) is 4.32. The number of sulfonamides is 1. The number of para-hydroxylation sites is 1. The van der Waals surface area contributed by atoms with E-state index in [0.29, 0.717) is 17.7 Å². The predicted octanol–water partition coefficient (Wildman–Crippen LogP) is 1.70. The summed E-state index contributed by atoms with van der Waals surface area (Å²) < 4.78 is 31.2. The molecule has 90 valence electrons. The van der Waals surface area contributed by atoms with Gasteiger partial charge < -0.3 is 4.74 Å². The van der Waals surface area contributed by atoms with E-state index in [1.54, 1.807) is 12.1 Å². The molecule has 0 bridgehead atoms. The van der Waals surface area contributed by atoms with Gasteiger partial charge in [-0.1, -0.05) is 25.1 Å². The van der Waals surface area contributed by atoms with E-state index in [4.69, 9.17) is 4.74 Å². The van der Waals surface area contributed by atoms with Crippen LogP contribution >= 0.6 is 0 Å². The molecule has 0 spiro atoms. The first-order valence-electron chi connectivity index (χ1n) is 5.12. The maximum atomic E-state index is 11.8. The molecule has 1 aromatic carbocycles. The fourth-order valence-corrected chi connectivity index (χ4v) is 2.93. The Balaban J connectivity index is 3.24. The Bertz CT molecular complexity index is 442. The van der Waals surface area contributed by atoms with Gasteiger partial charge in [0.05, 0.1) is 7.11 Å². The second-order valence-corrected chi connectivity index (χ2v) is 5.46. The van der Waals surface area contributed by atoms with Crippen LogP contribution in [0.5, 0.6) is 5.75 Å². The van der Waals surface area contributed by atoms with Crippen molar-refractivity contribution in [2.24, 2.45) is 0 Å². The van der Waals surface area contributed by atoms with Crippen molar-refractivity contribution < 1.29 is 13.2 Å². The maximum Gasteiger partial charge on any atom is 0.218 e. The molecule has 0 amide bonds. The lowest BCUT2D eigenvalue weighted by Gasteiger charge is -2.17. The molecule has 0 radical (unpaired) electrons. The summed E-state index contributed by atoms with van der Waals surface area (Å²) in [5.74, 6) is 0.605. The molecule has 1 aromatic rings. The zero-order valence-corrected chi connectivity index (χ0v) is 10.5. The lowest BCUT2D eigenvalue weighted by Crippen LogP contribution is -2.25. The number of hydrogen-bond acceptors (Lipinski definition) is 3. The van der Waals surface area contributed by atoms with Gasteiger partial charge in [0.1, 0.15) is 11.0 Å². The second kappa shape index (κ2) is 5.32. The van der Waals surface area contributed by atoms with Gasteiger partial charge in [0, 0.05) is 5.56 Å². The average Bonchev–Trinajstić information content (AvgIpc) is 2.30. The molecular weight excluding hydrogens is 226 g/mol. The van der Waals surface area contributed by atoms with Crippen molar-refractivity contribution in [3.8, 4) is 5.75 Å². The van der Waals surface area contributed by atoms with Gasteiger partial charge in [-0.05, 0) is 19.5 Å². The van der Waals surface area contributed by atoms with Gasteiger partial charge in [0.25, 0.3) is 0 Å². The number of benzene rings is 1. The van der Waals surface area contributed by atoms with Crippen molar-refractivity contribution in [3.05, 3.63) is 29.8 Å². The highest BCUT2D eigenvalue weighted by Gasteiger charge is 2.26. The Morgan fingerprint density at radius 1 is 1.38 bits per heavy atom. The Labute approximate surface area is 96.7 Å². The highest BCUT2D eigenvalue weighted by atomic mass is 32.2. The Hall–Kier alpha value is -1.07. The molecule has 0 aliphatic heterocycles. The van der Waals surface area contributed by atoms with Crippen LogP contribution in [0.15, 0.2) is 24.3 Å². The minimum absolute atomic E-state index is 0.504. The molecule has 0 aliphatic rings. The Morgan fingerprint density at radius 3 is 2.50 bits per heavy atom. The molecule has 0 aromatic heterocycles. The molecule has 0 saturated heterocycles. The topological polar surface area (TPSA) is 55.4 Å². The largest absolute Gasteiger partial charge is 0.496 e. The first-order chi connectivity index (χ1) is 7.56. The second-order valence-electron chi connectivity index (χ2n) is 3.39. The molecule has 0 fully saturated rings. The molecule has 0 aliphatic carbocycles. The third-order valence-corrected chi connectivity index (χ3v) is 4.42. The third kappa shape index (κ3) is 2.54. The van der Waals surface area contributed by atoms with Gasteiger partial charge >= 0.3 is 0 Å². The monoisotopic (exact) mass is 243 g/mol. The van der Waals surface area contributed by atoms with E-state index in [2.05, 4.69) is 4.72 Å². The van der Waals surface area contributed by atoms with Crippen LogP contribution in [0.3, 0.4) is 0 Å². The van der Waals surface area contributed by atoms with E-state index in [1.165, 1.54) is 14.2 Å². The highest BCUT2D eigenvalue weighted by molar-refractivity contribution is 7.89. The molecule has 1 N–H and O–H groups in total. The van der Waals surface area contributed by atoms with Crippen LogP contribution in [-0.4, -0.2) is 22.6 Å². The standard InChI is InChI=1S/C11H17NO3S/c1-4-11(16(13,14)12-2)9-7-5-6-8-10(9)15-3/h5-8,11-12H,4H2,1-3H3. The predicted molar refractivity (Wildman–Crippen MR) is 64.0 cm³/mol. The summed E-state index contributed by atoms with van der Waals surface area (Å²) >= 11 is 0. The molecule has 1 rings (SSSR count). The molecule has 5 heteroatoms. The van der Waals surface area contributed by atoms with Crippen molar-refractivity contribution in [2.75, 3.05) is 14.2 Å². The van der Waals surface area contributed by atoms with Crippen molar-refractivity contribution in [2.45, 2.75) is 18.6 Å². The van der Waals surface area contributed by atoms with Crippen LogP contribution in [0.2, 0.25) is 0 Å². The van der Waals surface area contributed by atoms with E-state index in [1.807, 2.05) is 19.1 Å². The van der Waals surface area contributed by atoms with Gasteiger partial charge in [0.2, 0.25) is 10.0 Å². The van der Waals surface area contributed by atoms with E-state index in [-0.39, 0.29) is 0 Å². The SMILES string of the molecule is CCC(c1ccccc1OC)S(=O)(=O)NC. The van der Waals surface area contributed by atoms with Crippen molar-refractivity contribution in [1.29, 1.82) is 0 Å². The summed E-state index contributed by atoms with van der Waals surface area (Å²) in [6.07, 6.45) is 0.504. The number of ether oxygens (including phenoxy) is 1.